The van der Waals surface area contributed by atoms with E-state index in [2.05, 4.69) is 20.9 Å². The van der Waals surface area contributed by atoms with Crippen molar-refractivity contribution in [3.63, 3.8) is 0 Å². The zero-order valence-electron chi connectivity index (χ0n) is 16.0. The molecule has 0 aliphatic heterocycles. The summed E-state index contributed by atoms with van der Waals surface area (Å²) in [6.45, 7) is 3.17. The van der Waals surface area contributed by atoms with E-state index in [0.717, 1.165) is 16.9 Å². The van der Waals surface area contributed by atoms with Crippen molar-refractivity contribution in [2.24, 2.45) is 0 Å². The van der Waals surface area contributed by atoms with Gasteiger partial charge in [0.1, 0.15) is 4.88 Å². The molecule has 3 rings (SSSR count). The lowest BCUT2D eigenvalue weighted by molar-refractivity contribution is -0.116. The van der Waals surface area contributed by atoms with Crippen LogP contribution < -0.4 is 16.0 Å². The molecule has 3 N–H and O–H groups in total. The number of aryl methyl sites for hydroxylation is 1. The topological polar surface area (TPSA) is 100 Å². The molecule has 3 aromatic rings. The maximum Gasteiger partial charge on any atom is 0.267 e. The fraction of sp³-hybridized carbons (Fsp3) is 0.143. The molecule has 0 atom stereocenters. The van der Waals surface area contributed by atoms with E-state index in [0.29, 0.717) is 27.1 Å². The summed E-state index contributed by atoms with van der Waals surface area (Å²) in [6.07, 6.45) is 0.157. The predicted molar refractivity (Wildman–Crippen MR) is 114 cm³/mol. The SMILES string of the molecule is CC(=O)Nc1ccc(CC(=O)Nc2nc(C)c(C(=O)Nc3ccccc3)s2)cc1. The smallest absolute Gasteiger partial charge is 0.267 e. The molecule has 8 heteroatoms. The minimum Gasteiger partial charge on any atom is -0.326 e. The maximum atomic E-state index is 12.5. The van der Waals surface area contributed by atoms with E-state index < -0.39 is 0 Å². The number of nitrogens with one attached hydrogen (secondary N) is 3. The van der Waals surface area contributed by atoms with E-state index in [1.54, 1.807) is 43.3 Å². The average molecular weight is 408 g/mol. The third kappa shape index (κ3) is 5.73. The monoisotopic (exact) mass is 408 g/mol. The molecule has 29 heavy (non-hydrogen) atoms. The number of carbonyl (C=O) groups excluding carboxylic acids is 3. The quantitative estimate of drug-likeness (QED) is 0.577. The molecule has 1 aromatic heterocycles. The highest BCUT2D eigenvalue weighted by Gasteiger charge is 2.17. The van der Waals surface area contributed by atoms with Crippen molar-refractivity contribution in [2.75, 3.05) is 16.0 Å². The van der Waals surface area contributed by atoms with Gasteiger partial charge in [0.25, 0.3) is 5.91 Å². The number of para-hydroxylation sites is 1. The second kappa shape index (κ2) is 9.11. The van der Waals surface area contributed by atoms with Crippen LogP contribution in [0.4, 0.5) is 16.5 Å². The molecule has 3 amide bonds. The van der Waals surface area contributed by atoms with Gasteiger partial charge in [-0.15, -0.1) is 0 Å². The summed E-state index contributed by atoms with van der Waals surface area (Å²) in [6, 6.07) is 16.2. The molecule has 0 spiro atoms. The number of benzene rings is 2. The van der Waals surface area contributed by atoms with Crippen LogP contribution in [0.2, 0.25) is 0 Å². The Morgan fingerprint density at radius 2 is 1.55 bits per heavy atom. The van der Waals surface area contributed by atoms with Gasteiger partial charge in [-0.2, -0.15) is 0 Å². The first-order valence-electron chi connectivity index (χ1n) is 8.91. The van der Waals surface area contributed by atoms with E-state index in [1.807, 2.05) is 18.2 Å². The molecular weight excluding hydrogens is 388 g/mol. The van der Waals surface area contributed by atoms with Crippen molar-refractivity contribution in [3.05, 3.63) is 70.7 Å². The molecule has 0 saturated heterocycles. The van der Waals surface area contributed by atoms with Crippen molar-refractivity contribution < 1.29 is 14.4 Å². The van der Waals surface area contributed by atoms with Crippen LogP contribution in [0.5, 0.6) is 0 Å². The van der Waals surface area contributed by atoms with Gasteiger partial charge < -0.3 is 16.0 Å². The lowest BCUT2D eigenvalue weighted by Gasteiger charge is -2.05. The van der Waals surface area contributed by atoms with Crippen LogP contribution in [-0.4, -0.2) is 22.7 Å². The molecular formula is C21H20N4O3S. The molecule has 2 aromatic carbocycles. The number of anilines is 3. The first-order valence-corrected chi connectivity index (χ1v) is 9.72. The number of nitrogens with zero attached hydrogens (tertiary/aromatic N) is 1. The number of hydrogen-bond donors (Lipinski definition) is 3. The molecule has 1 heterocycles. The Morgan fingerprint density at radius 3 is 2.21 bits per heavy atom. The molecule has 7 nitrogen and oxygen atoms in total. The molecule has 0 aliphatic carbocycles. The summed E-state index contributed by atoms with van der Waals surface area (Å²) in [5.41, 5.74) is 2.72. The summed E-state index contributed by atoms with van der Waals surface area (Å²) in [5, 5.41) is 8.60. The Bertz CT molecular complexity index is 1030. The van der Waals surface area contributed by atoms with Gasteiger partial charge in [-0.1, -0.05) is 41.7 Å². The van der Waals surface area contributed by atoms with Gasteiger partial charge in [0, 0.05) is 18.3 Å². The normalized spacial score (nSPS) is 10.3. The van der Waals surface area contributed by atoms with Crippen LogP contribution in [0.1, 0.15) is 27.9 Å². The Morgan fingerprint density at radius 1 is 0.897 bits per heavy atom. The Balaban J connectivity index is 1.60. The van der Waals surface area contributed by atoms with Crippen molar-refractivity contribution >= 4 is 45.6 Å². The molecule has 148 valence electrons. The van der Waals surface area contributed by atoms with Crippen LogP contribution in [-0.2, 0) is 16.0 Å². The number of hydrogen-bond acceptors (Lipinski definition) is 5. The number of amides is 3. The van der Waals surface area contributed by atoms with E-state index in [9.17, 15) is 14.4 Å². The third-order valence-electron chi connectivity index (χ3n) is 3.92. The summed E-state index contributed by atoms with van der Waals surface area (Å²) >= 11 is 1.13. The van der Waals surface area contributed by atoms with E-state index >= 15 is 0 Å². The number of thiazole rings is 1. The first kappa shape index (κ1) is 20.2. The van der Waals surface area contributed by atoms with Crippen molar-refractivity contribution in [2.45, 2.75) is 20.3 Å². The van der Waals surface area contributed by atoms with Crippen molar-refractivity contribution in [3.8, 4) is 0 Å². The van der Waals surface area contributed by atoms with Gasteiger partial charge in [0.15, 0.2) is 5.13 Å². The zero-order valence-corrected chi connectivity index (χ0v) is 16.8. The Kier molecular flexibility index (Phi) is 6.36. The molecule has 0 aliphatic rings. The number of carbonyl (C=O) groups is 3. The fourth-order valence-corrected chi connectivity index (χ4v) is 3.51. The highest BCUT2D eigenvalue weighted by molar-refractivity contribution is 7.17. The van der Waals surface area contributed by atoms with Crippen molar-refractivity contribution in [1.82, 2.24) is 4.98 Å². The third-order valence-corrected chi connectivity index (χ3v) is 4.99. The van der Waals surface area contributed by atoms with Gasteiger partial charge in [-0.25, -0.2) is 4.98 Å². The number of rotatable bonds is 6. The minimum absolute atomic E-state index is 0.151. The summed E-state index contributed by atoms with van der Waals surface area (Å²) in [7, 11) is 0. The van der Waals surface area contributed by atoms with E-state index in [-0.39, 0.29) is 24.1 Å². The molecule has 0 bridgehead atoms. The van der Waals surface area contributed by atoms with Crippen LogP contribution in [0.3, 0.4) is 0 Å². The Hall–Kier alpha value is -3.52. The summed E-state index contributed by atoms with van der Waals surface area (Å²) < 4.78 is 0. The highest BCUT2D eigenvalue weighted by Crippen LogP contribution is 2.24. The summed E-state index contributed by atoms with van der Waals surface area (Å²) in [5.74, 6) is -0.650. The predicted octanol–water partition coefficient (Wildman–Crippen LogP) is 3.84. The Labute approximate surface area is 172 Å². The molecule has 0 saturated carbocycles. The molecule has 0 unspecified atom stereocenters. The number of aromatic nitrogens is 1. The lowest BCUT2D eigenvalue weighted by Crippen LogP contribution is -2.14. The summed E-state index contributed by atoms with van der Waals surface area (Å²) in [4.78, 5) is 40.5. The first-order chi connectivity index (χ1) is 13.9. The maximum absolute atomic E-state index is 12.5. The van der Waals surface area contributed by atoms with Crippen LogP contribution in [0.25, 0.3) is 0 Å². The van der Waals surface area contributed by atoms with Gasteiger partial charge in [-0.3, -0.25) is 14.4 Å². The van der Waals surface area contributed by atoms with E-state index in [1.165, 1.54) is 6.92 Å². The van der Waals surface area contributed by atoms with Gasteiger partial charge in [-0.05, 0) is 36.8 Å². The molecule has 0 fully saturated rings. The van der Waals surface area contributed by atoms with Crippen LogP contribution >= 0.6 is 11.3 Å². The van der Waals surface area contributed by atoms with Gasteiger partial charge >= 0.3 is 0 Å². The second-order valence-electron chi connectivity index (χ2n) is 6.36. The standard InChI is InChI=1S/C21H20N4O3S/c1-13-19(20(28)24-16-6-4-3-5-7-16)29-21(22-13)25-18(27)12-15-8-10-17(11-9-15)23-14(2)26/h3-11H,12H2,1-2H3,(H,23,26)(H,24,28)(H,22,25,27). The van der Waals surface area contributed by atoms with Crippen molar-refractivity contribution in [1.29, 1.82) is 0 Å². The van der Waals surface area contributed by atoms with Gasteiger partial charge in [0.2, 0.25) is 11.8 Å². The highest BCUT2D eigenvalue weighted by atomic mass is 32.1. The average Bonchev–Trinajstić information content (AvgIpc) is 3.04. The largest absolute Gasteiger partial charge is 0.326 e. The van der Waals surface area contributed by atoms with Gasteiger partial charge in [0.05, 0.1) is 12.1 Å². The fourth-order valence-electron chi connectivity index (χ4n) is 2.63. The van der Waals surface area contributed by atoms with E-state index in [4.69, 9.17) is 0 Å². The van der Waals surface area contributed by atoms with Crippen LogP contribution in [0.15, 0.2) is 54.6 Å². The zero-order chi connectivity index (χ0) is 20.8. The minimum atomic E-state index is -0.264. The van der Waals surface area contributed by atoms with Crippen LogP contribution in [0, 0.1) is 6.92 Å². The lowest BCUT2D eigenvalue weighted by atomic mass is 10.1. The molecule has 0 radical (unpaired) electrons. The second-order valence-corrected chi connectivity index (χ2v) is 7.36.